The lowest BCUT2D eigenvalue weighted by Gasteiger charge is -2.12. The van der Waals surface area contributed by atoms with Crippen molar-refractivity contribution in [2.75, 3.05) is 27.7 Å². The van der Waals surface area contributed by atoms with Crippen molar-refractivity contribution in [1.82, 2.24) is 15.5 Å². The van der Waals surface area contributed by atoms with Crippen LogP contribution in [0.2, 0.25) is 0 Å². The van der Waals surface area contributed by atoms with E-state index >= 15 is 0 Å². The zero-order chi connectivity index (χ0) is 17.8. The highest BCUT2D eigenvalue weighted by atomic mass is 32.1. The average Bonchev–Trinajstić information content (AvgIpc) is 2.56. The number of esters is 1. The van der Waals surface area contributed by atoms with Gasteiger partial charge in [0.1, 0.15) is 0 Å². The summed E-state index contributed by atoms with van der Waals surface area (Å²) in [5, 5.41) is 7.07. The number of unbranched alkanes of at least 4 members (excludes halogenated alkanes) is 2. The molecule has 1 aromatic carbocycles. The molecule has 0 aromatic heterocycles. The van der Waals surface area contributed by atoms with E-state index in [0.29, 0.717) is 11.5 Å². The molecule has 0 aliphatic carbocycles. The summed E-state index contributed by atoms with van der Waals surface area (Å²) in [6.07, 6.45) is 3.31. The maximum atomic E-state index is 11.0. The number of ether oxygens (including phenoxy) is 1. The molecule has 6 heteroatoms. The number of nitrogens with one attached hydrogen (secondary N) is 2. The van der Waals surface area contributed by atoms with Gasteiger partial charge in [-0.15, -0.1) is 0 Å². The number of carbonyl (C=O) groups is 1. The monoisotopic (exact) mass is 351 g/mol. The molecule has 0 heterocycles. The highest BCUT2D eigenvalue weighted by Crippen LogP contribution is 2.06. The van der Waals surface area contributed by atoms with Crippen LogP contribution in [0.3, 0.4) is 0 Å². The molecule has 2 N–H and O–H groups in total. The molecule has 1 rings (SSSR count). The molecular weight excluding hydrogens is 322 g/mol. The Bertz CT molecular complexity index is 503. The Morgan fingerprint density at radius 2 is 1.75 bits per heavy atom. The van der Waals surface area contributed by atoms with Crippen LogP contribution in [0.25, 0.3) is 0 Å². The molecule has 0 saturated carbocycles. The largest absolute Gasteiger partial charge is 0.469 e. The highest BCUT2D eigenvalue weighted by Gasteiger charge is 2.00. The quantitative estimate of drug-likeness (QED) is 0.384. The van der Waals surface area contributed by atoms with Gasteiger partial charge in [0.25, 0.3) is 0 Å². The molecule has 1 aromatic rings. The summed E-state index contributed by atoms with van der Waals surface area (Å²) in [4.78, 5) is 13.1. The van der Waals surface area contributed by atoms with Gasteiger partial charge in [-0.05, 0) is 50.3 Å². The summed E-state index contributed by atoms with van der Waals surface area (Å²) in [5.41, 5.74) is 2.51. The number of hydrogen-bond acceptors (Lipinski definition) is 4. The second-order valence-corrected chi connectivity index (χ2v) is 6.46. The van der Waals surface area contributed by atoms with E-state index in [1.165, 1.54) is 18.2 Å². The molecule has 0 aliphatic heterocycles. The van der Waals surface area contributed by atoms with Crippen LogP contribution in [-0.4, -0.2) is 43.7 Å². The Labute approximate surface area is 150 Å². The van der Waals surface area contributed by atoms with Crippen molar-refractivity contribution in [3.05, 3.63) is 35.4 Å². The van der Waals surface area contributed by atoms with Gasteiger partial charge in [-0.2, -0.15) is 0 Å². The highest BCUT2D eigenvalue weighted by molar-refractivity contribution is 7.80. The number of nitrogens with zero attached hydrogens (tertiary/aromatic N) is 1. The second kappa shape index (κ2) is 11.8. The van der Waals surface area contributed by atoms with Crippen molar-refractivity contribution in [2.45, 2.75) is 38.8 Å². The Hall–Kier alpha value is -1.66. The Balaban J connectivity index is 2.12. The van der Waals surface area contributed by atoms with Gasteiger partial charge in [0.05, 0.1) is 7.11 Å². The number of benzene rings is 1. The van der Waals surface area contributed by atoms with Crippen LogP contribution in [0.4, 0.5) is 0 Å². The first-order valence-corrected chi connectivity index (χ1v) is 8.73. The van der Waals surface area contributed by atoms with Crippen LogP contribution < -0.4 is 10.6 Å². The predicted octanol–water partition coefficient (Wildman–Crippen LogP) is 2.45. The SMILES string of the molecule is COC(=O)CCCCCNC(=S)NCc1ccc(CN(C)C)cc1. The molecule has 24 heavy (non-hydrogen) atoms. The smallest absolute Gasteiger partial charge is 0.305 e. The zero-order valence-corrected chi connectivity index (χ0v) is 15.7. The minimum Gasteiger partial charge on any atom is -0.469 e. The maximum Gasteiger partial charge on any atom is 0.305 e. The first-order valence-electron chi connectivity index (χ1n) is 8.32. The Morgan fingerprint density at radius 3 is 2.38 bits per heavy atom. The predicted molar refractivity (Wildman–Crippen MR) is 102 cm³/mol. The lowest BCUT2D eigenvalue weighted by molar-refractivity contribution is -0.140. The van der Waals surface area contributed by atoms with Crippen molar-refractivity contribution in [2.24, 2.45) is 0 Å². The standard InChI is InChI=1S/C18H29N3O2S/c1-21(2)14-16-10-8-15(9-11-16)13-20-18(24)19-12-6-4-5-7-17(22)23-3/h8-11H,4-7,12-14H2,1-3H3,(H2,19,20,24). The van der Waals surface area contributed by atoms with Crippen LogP contribution in [0.1, 0.15) is 36.8 Å². The first kappa shape index (κ1) is 20.4. The van der Waals surface area contributed by atoms with Crippen LogP contribution in [0.5, 0.6) is 0 Å². The molecule has 0 amide bonds. The molecule has 0 fully saturated rings. The summed E-state index contributed by atoms with van der Waals surface area (Å²) in [6.45, 7) is 2.48. The summed E-state index contributed by atoms with van der Waals surface area (Å²) in [5.74, 6) is -0.142. The average molecular weight is 352 g/mol. The van der Waals surface area contributed by atoms with E-state index in [0.717, 1.165) is 38.9 Å². The summed E-state index contributed by atoms with van der Waals surface area (Å²) in [6, 6.07) is 8.55. The van der Waals surface area contributed by atoms with E-state index in [4.69, 9.17) is 12.2 Å². The number of rotatable bonds is 10. The van der Waals surface area contributed by atoms with Crippen LogP contribution in [0, 0.1) is 0 Å². The van der Waals surface area contributed by atoms with Crippen LogP contribution >= 0.6 is 12.2 Å². The topological polar surface area (TPSA) is 53.6 Å². The molecule has 0 radical (unpaired) electrons. The molecule has 0 saturated heterocycles. The maximum absolute atomic E-state index is 11.0. The van der Waals surface area contributed by atoms with Gasteiger partial charge in [0.15, 0.2) is 5.11 Å². The third-order valence-electron chi connectivity index (χ3n) is 3.55. The molecule has 0 atom stereocenters. The Kier molecular flexibility index (Phi) is 10.0. The van der Waals surface area contributed by atoms with E-state index < -0.39 is 0 Å². The molecule has 0 bridgehead atoms. The fourth-order valence-corrected chi connectivity index (χ4v) is 2.42. The molecule has 0 spiro atoms. The summed E-state index contributed by atoms with van der Waals surface area (Å²) < 4.78 is 4.61. The van der Waals surface area contributed by atoms with Gasteiger partial charge in [0, 0.05) is 26.1 Å². The van der Waals surface area contributed by atoms with Gasteiger partial charge >= 0.3 is 5.97 Å². The normalized spacial score (nSPS) is 10.5. The van der Waals surface area contributed by atoms with Crippen molar-refractivity contribution >= 4 is 23.3 Å². The lowest BCUT2D eigenvalue weighted by Crippen LogP contribution is -2.35. The van der Waals surface area contributed by atoms with Crippen molar-refractivity contribution < 1.29 is 9.53 Å². The molecule has 5 nitrogen and oxygen atoms in total. The molecular formula is C18H29N3O2S. The summed E-state index contributed by atoms with van der Waals surface area (Å²) in [7, 11) is 5.55. The van der Waals surface area contributed by atoms with Gasteiger partial charge in [-0.25, -0.2) is 0 Å². The van der Waals surface area contributed by atoms with Gasteiger partial charge in [-0.3, -0.25) is 4.79 Å². The number of carbonyl (C=O) groups excluding carboxylic acids is 1. The van der Waals surface area contributed by atoms with E-state index in [1.54, 1.807) is 0 Å². The van der Waals surface area contributed by atoms with Gasteiger partial charge < -0.3 is 20.3 Å². The van der Waals surface area contributed by atoms with Gasteiger partial charge in [0.2, 0.25) is 0 Å². The van der Waals surface area contributed by atoms with E-state index in [2.05, 4.69) is 58.6 Å². The van der Waals surface area contributed by atoms with Crippen molar-refractivity contribution in [3.8, 4) is 0 Å². The zero-order valence-electron chi connectivity index (χ0n) is 14.9. The van der Waals surface area contributed by atoms with Crippen LogP contribution in [0.15, 0.2) is 24.3 Å². The van der Waals surface area contributed by atoms with E-state index in [-0.39, 0.29) is 5.97 Å². The number of methoxy groups -OCH3 is 1. The van der Waals surface area contributed by atoms with Crippen molar-refractivity contribution in [1.29, 1.82) is 0 Å². The number of thiocarbonyl (C=S) groups is 1. The molecule has 134 valence electrons. The molecule has 0 unspecified atom stereocenters. The van der Waals surface area contributed by atoms with E-state index in [9.17, 15) is 4.79 Å². The third kappa shape index (κ3) is 9.47. The Morgan fingerprint density at radius 1 is 1.08 bits per heavy atom. The minimum atomic E-state index is -0.142. The van der Waals surface area contributed by atoms with Crippen LogP contribution in [-0.2, 0) is 22.6 Å². The fourth-order valence-electron chi connectivity index (χ4n) is 2.25. The van der Waals surface area contributed by atoms with E-state index in [1.807, 2.05) is 0 Å². The van der Waals surface area contributed by atoms with Crippen molar-refractivity contribution in [3.63, 3.8) is 0 Å². The number of hydrogen-bond donors (Lipinski definition) is 2. The minimum absolute atomic E-state index is 0.142. The third-order valence-corrected chi connectivity index (χ3v) is 3.83. The second-order valence-electron chi connectivity index (χ2n) is 6.05. The first-order chi connectivity index (χ1) is 11.5. The molecule has 0 aliphatic rings. The summed E-state index contributed by atoms with van der Waals surface area (Å²) >= 11 is 5.27. The lowest BCUT2D eigenvalue weighted by atomic mass is 10.1. The van der Waals surface area contributed by atoms with Gasteiger partial charge in [-0.1, -0.05) is 30.7 Å². The fraction of sp³-hybridized carbons (Fsp3) is 0.556.